The van der Waals surface area contributed by atoms with Crippen LogP contribution in [0.15, 0.2) is 24.3 Å². The number of carbonyl (C=O) groups excluding carboxylic acids is 2. The molecule has 0 amide bonds. The van der Waals surface area contributed by atoms with E-state index in [4.69, 9.17) is 9.84 Å². The van der Waals surface area contributed by atoms with Crippen molar-refractivity contribution in [1.29, 1.82) is 0 Å². The molecule has 0 radical (unpaired) electrons. The molecule has 5 nitrogen and oxygen atoms in total. The van der Waals surface area contributed by atoms with Crippen molar-refractivity contribution in [1.82, 2.24) is 4.90 Å². The lowest BCUT2D eigenvalue weighted by molar-refractivity contribution is -0.117. The highest BCUT2D eigenvalue weighted by Crippen LogP contribution is 2.40. The van der Waals surface area contributed by atoms with Gasteiger partial charge >= 0.3 is 0 Å². The van der Waals surface area contributed by atoms with Crippen molar-refractivity contribution < 1.29 is 19.4 Å². The average Bonchev–Trinajstić information content (AvgIpc) is 2.60. The van der Waals surface area contributed by atoms with Crippen LogP contribution in [0.4, 0.5) is 0 Å². The molecule has 0 aromatic heterocycles. The number of aliphatic hydroxyl groups is 1. The summed E-state index contributed by atoms with van der Waals surface area (Å²) in [6.45, 7) is 5.77. The first-order valence-electron chi connectivity index (χ1n) is 8.84. The number of ketones is 2. The Bertz CT molecular complexity index is 700. The Balaban J connectivity index is 1.77. The van der Waals surface area contributed by atoms with Gasteiger partial charge < -0.3 is 14.7 Å². The van der Waals surface area contributed by atoms with Crippen molar-refractivity contribution in [3.05, 3.63) is 35.4 Å². The molecule has 1 saturated heterocycles. The largest absolute Gasteiger partial charge is 0.486 e. The van der Waals surface area contributed by atoms with Crippen LogP contribution in [0.25, 0.3) is 6.08 Å². The third kappa shape index (κ3) is 3.83. The zero-order valence-electron chi connectivity index (χ0n) is 14.8. The fourth-order valence-corrected chi connectivity index (χ4v) is 3.58. The minimum Gasteiger partial charge on any atom is -0.486 e. The molecule has 1 fully saturated rings. The van der Waals surface area contributed by atoms with Crippen molar-refractivity contribution in [2.45, 2.75) is 44.8 Å². The van der Waals surface area contributed by atoms with E-state index in [9.17, 15) is 9.59 Å². The number of benzene rings is 1. The van der Waals surface area contributed by atoms with Gasteiger partial charge in [0.2, 0.25) is 0 Å². The van der Waals surface area contributed by atoms with E-state index >= 15 is 0 Å². The van der Waals surface area contributed by atoms with E-state index in [1.165, 1.54) is 6.08 Å². The van der Waals surface area contributed by atoms with Crippen LogP contribution >= 0.6 is 0 Å². The number of aliphatic hydroxyl groups excluding tert-OH is 1. The van der Waals surface area contributed by atoms with Crippen LogP contribution in [-0.2, 0) is 4.79 Å². The Hall–Kier alpha value is -1.98. The summed E-state index contributed by atoms with van der Waals surface area (Å²) in [5, 5.41) is 8.76. The van der Waals surface area contributed by atoms with Crippen LogP contribution in [-0.4, -0.2) is 52.9 Å². The van der Waals surface area contributed by atoms with Crippen LogP contribution < -0.4 is 4.74 Å². The molecule has 1 N–H and O–H groups in total. The fourth-order valence-electron chi connectivity index (χ4n) is 3.58. The molecule has 25 heavy (non-hydrogen) atoms. The first kappa shape index (κ1) is 17.8. The van der Waals surface area contributed by atoms with Gasteiger partial charge in [0.1, 0.15) is 18.0 Å². The summed E-state index contributed by atoms with van der Waals surface area (Å²) < 4.78 is 6.28. The van der Waals surface area contributed by atoms with Gasteiger partial charge in [0.25, 0.3) is 0 Å². The molecule has 0 unspecified atom stereocenters. The first-order chi connectivity index (χ1) is 11.9. The summed E-state index contributed by atoms with van der Waals surface area (Å²) in [4.78, 5) is 26.3. The summed E-state index contributed by atoms with van der Waals surface area (Å²) in [5.74, 6) is 0.374. The molecule has 2 heterocycles. The van der Waals surface area contributed by atoms with Crippen LogP contribution in [0, 0.1) is 0 Å². The summed E-state index contributed by atoms with van der Waals surface area (Å²) in [7, 11) is 0. The Morgan fingerprint density at radius 3 is 2.72 bits per heavy atom. The van der Waals surface area contributed by atoms with Crippen molar-refractivity contribution in [3.8, 4) is 5.75 Å². The van der Waals surface area contributed by atoms with Crippen molar-refractivity contribution >= 4 is 17.6 Å². The van der Waals surface area contributed by atoms with Gasteiger partial charge in [-0.25, -0.2) is 0 Å². The van der Waals surface area contributed by atoms with Crippen LogP contribution in [0.2, 0.25) is 0 Å². The van der Waals surface area contributed by atoms with E-state index in [0.717, 1.165) is 31.5 Å². The normalized spacial score (nSPS) is 20.1. The highest BCUT2D eigenvalue weighted by molar-refractivity contribution is 6.01. The molecule has 0 aliphatic carbocycles. The number of hydrogen-bond donors (Lipinski definition) is 1. The molecule has 1 aromatic rings. The molecule has 0 bridgehead atoms. The molecule has 3 rings (SSSR count). The number of nitrogens with zero attached hydrogens (tertiary/aromatic N) is 1. The van der Waals surface area contributed by atoms with E-state index in [-0.39, 0.29) is 17.2 Å². The van der Waals surface area contributed by atoms with Gasteiger partial charge in [-0.05, 0) is 37.6 Å². The lowest BCUT2D eigenvalue weighted by Crippen LogP contribution is -2.52. The Kier molecular flexibility index (Phi) is 5.06. The molecule has 2 aliphatic rings. The molecular formula is C20H25NO4. The van der Waals surface area contributed by atoms with E-state index in [0.29, 0.717) is 23.8 Å². The number of Topliss-reactive ketones (excluding diaryl/α,β-unsaturated/α-hetero) is 1. The van der Waals surface area contributed by atoms with Gasteiger partial charge in [0.05, 0.1) is 12.0 Å². The van der Waals surface area contributed by atoms with E-state index < -0.39 is 6.61 Å². The summed E-state index contributed by atoms with van der Waals surface area (Å²) >= 11 is 0. The summed E-state index contributed by atoms with van der Waals surface area (Å²) in [6.07, 6.45) is 5.07. The van der Waals surface area contributed by atoms with Gasteiger partial charge in [-0.3, -0.25) is 9.59 Å². The van der Waals surface area contributed by atoms with Gasteiger partial charge in [-0.1, -0.05) is 12.1 Å². The lowest BCUT2D eigenvalue weighted by Gasteiger charge is -2.45. The second-order valence-electron chi connectivity index (χ2n) is 7.23. The van der Waals surface area contributed by atoms with Gasteiger partial charge in [0, 0.05) is 32.0 Å². The highest BCUT2D eigenvalue weighted by Gasteiger charge is 2.43. The van der Waals surface area contributed by atoms with Gasteiger partial charge in [-0.2, -0.15) is 0 Å². The minimum atomic E-state index is -0.514. The molecular weight excluding hydrogens is 318 g/mol. The number of carbonyl (C=O) groups is 2. The smallest absolute Gasteiger partial charge is 0.181 e. The van der Waals surface area contributed by atoms with Crippen molar-refractivity contribution in [2.24, 2.45) is 0 Å². The Morgan fingerprint density at radius 1 is 1.36 bits per heavy atom. The second kappa shape index (κ2) is 7.10. The number of fused-ring (bicyclic) bond motifs is 1. The van der Waals surface area contributed by atoms with E-state index in [1.54, 1.807) is 12.1 Å². The van der Waals surface area contributed by atoms with Gasteiger partial charge in [0.15, 0.2) is 11.6 Å². The zero-order valence-corrected chi connectivity index (χ0v) is 14.8. The zero-order chi connectivity index (χ0) is 18.0. The number of rotatable bonds is 4. The average molecular weight is 343 g/mol. The second-order valence-corrected chi connectivity index (χ2v) is 7.23. The Morgan fingerprint density at radius 2 is 2.08 bits per heavy atom. The molecule has 0 saturated carbocycles. The topological polar surface area (TPSA) is 66.8 Å². The molecule has 1 aromatic carbocycles. The highest BCUT2D eigenvalue weighted by atomic mass is 16.5. The monoisotopic (exact) mass is 343 g/mol. The predicted octanol–water partition coefficient (Wildman–Crippen LogP) is 2.47. The molecule has 2 aliphatic heterocycles. The third-order valence-corrected chi connectivity index (χ3v) is 5.17. The SMILES string of the molecule is CC(C)N1CCC2(CC1)CC(=O)c1cc(/C=C/C(=O)CO)ccc1O2. The van der Waals surface area contributed by atoms with E-state index in [2.05, 4.69) is 18.7 Å². The quantitative estimate of drug-likeness (QED) is 0.851. The van der Waals surface area contributed by atoms with Gasteiger partial charge in [-0.15, -0.1) is 0 Å². The maximum Gasteiger partial charge on any atom is 0.181 e. The number of ether oxygens (including phenoxy) is 1. The minimum absolute atomic E-state index is 0.1000. The van der Waals surface area contributed by atoms with Crippen LogP contribution in [0.5, 0.6) is 5.75 Å². The van der Waals surface area contributed by atoms with E-state index in [1.807, 2.05) is 12.1 Å². The number of hydrogen-bond acceptors (Lipinski definition) is 5. The number of likely N-dealkylation sites (tertiary alicyclic amines) is 1. The number of piperidine rings is 1. The molecule has 0 atom stereocenters. The van der Waals surface area contributed by atoms with Crippen molar-refractivity contribution in [2.75, 3.05) is 19.7 Å². The standard InChI is InChI=1S/C20H25NO4/c1-14(2)21-9-7-20(8-10-21)12-18(24)17-11-15(3-5-16(23)13-22)4-6-19(17)25-20/h3-6,11,14,22H,7-10,12-13H2,1-2H3/b5-3+. The van der Waals surface area contributed by atoms with Crippen LogP contribution in [0.1, 0.15) is 49.0 Å². The van der Waals surface area contributed by atoms with Crippen molar-refractivity contribution in [3.63, 3.8) is 0 Å². The van der Waals surface area contributed by atoms with Crippen LogP contribution in [0.3, 0.4) is 0 Å². The predicted molar refractivity (Wildman–Crippen MR) is 95.8 cm³/mol. The maximum atomic E-state index is 12.7. The maximum absolute atomic E-state index is 12.7. The molecule has 134 valence electrons. The molecule has 1 spiro atoms. The first-order valence-corrected chi connectivity index (χ1v) is 8.84. The summed E-state index contributed by atoms with van der Waals surface area (Å²) in [6, 6.07) is 5.91. The Labute approximate surface area is 148 Å². The third-order valence-electron chi connectivity index (χ3n) is 5.17. The lowest BCUT2D eigenvalue weighted by atomic mass is 9.82. The molecule has 5 heteroatoms. The summed E-state index contributed by atoms with van der Waals surface area (Å²) in [5.41, 5.74) is 0.957. The fraction of sp³-hybridized carbons (Fsp3) is 0.500.